The molecule has 1 rings (SSSR count). The minimum absolute atomic E-state index is 0.0765. The van der Waals surface area contributed by atoms with Gasteiger partial charge >= 0.3 is 5.69 Å². The summed E-state index contributed by atoms with van der Waals surface area (Å²) in [6.45, 7) is 3.53. The maximum absolute atomic E-state index is 10.8. The van der Waals surface area contributed by atoms with E-state index in [-0.39, 0.29) is 11.7 Å². The van der Waals surface area contributed by atoms with Crippen molar-refractivity contribution in [3.63, 3.8) is 0 Å². The first-order valence-electron chi connectivity index (χ1n) is 5.14. The summed E-state index contributed by atoms with van der Waals surface area (Å²) in [7, 11) is 0. The van der Waals surface area contributed by atoms with Crippen molar-refractivity contribution in [2.75, 3.05) is 5.32 Å². The number of aliphatic hydroxyl groups is 1. The van der Waals surface area contributed by atoms with E-state index < -0.39 is 11.0 Å². The number of aliphatic hydroxyl groups excluding tert-OH is 1. The highest BCUT2D eigenvalue weighted by atomic mass is 79.9. The molecule has 2 unspecified atom stereocenters. The molecule has 0 bridgehead atoms. The Kier molecular flexibility index (Phi) is 4.83. The predicted molar refractivity (Wildman–Crippen MR) is 68.0 cm³/mol. The van der Waals surface area contributed by atoms with Crippen LogP contribution in [0.4, 0.5) is 11.4 Å². The highest BCUT2D eigenvalue weighted by molar-refractivity contribution is 9.10. The van der Waals surface area contributed by atoms with Crippen molar-refractivity contribution in [1.29, 1.82) is 0 Å². The lowest BCUT2D eigenvalue weighted by atomic mass is 10.1. The van der Waals surface area contributed by atoms with Crippen LogP contribution >= 0.6 is 15.9 Å². The van der Waals surface area contributed by atoms with Crippen molar-refractivity contribution < 1.29 is 10.0 Å². The van der Waals surface area contributed by atoms with Gasteiger partial charge < -0.3 is 10.4 Å². The zero-order valence-corrected chi connectivity index (χ0v) is 11.1. The zero-order valence-electron chi connectivity index (χ0n) is 9.55. The van der Waals surface area contributed by atoms with Crippen LogP contribution in [0.1, 0.15) is 20.3 Å². The molecule has 0 aliphatic rings. The van der Waals surface area contributed by atoms with Gasteiger partial charge in [0.1, 0.15) is 11.9 Å². The van der Waals surface area contributed by atoms with Crippen LogP contribution in [-0.2, 0) is 0 Å². The van der Waals surface area contributed by atoms with E-state index in [4.69, 9.17) is 0 Å². The zero-order chi connectivity index (χ0) is 13.0. The van der Waals surface area contributed by atoms with E-state index in [1.165, 1.54) is 12.4 Å². The fourth-order valence-electron chi connectivity index (χ4n) is 1.52. The summed E-state index contributed by atoms with van der Waals surface area (Å²) in [5.41, 5.74) is 0.301. The number of halogens is 1. The number of rotatable bonds is 5. The van der Waals surface area contributed by atoms with Gasteiger partial charge in [0, 0.05) is 12.2 Å². The number of aromatic nitrogens is 1. The third-order valence-corrected chi connectivity index (χ3v) is 2.76. The van der Waals surface area contributed by atoms with Gasteiger partial charge in [-0.2, -0.15) is 0 Å². The predicted octanol–water partition coefficient (Wildman–Crippen LogP) is 2.32. The minimum Gasteiger partial charge on any atom is -0.393 e. The Labute approximate surface area is 107 Å². The van der Waals surface area contributed by atoms with Crippen LogP contribution in [0.25, 0.3) is 0 Å². The van der Waals surface area contributed by atoms with Crippen molar-refractivity contribution in [3.8, 4) is 0 Å². The normalized spacial score (nSPS) is 14.1. The van der Waals surface area contributed by atoms with Crippen LogP contribution in [0, 0.1) is 10.1 Å². The molecule has 6 nitrogen and oxygen atoms in total. The number of pyridine rings is 1. The van der Waals surface area contributed by atoms with Crippen LogP contribution in [0.3, 0.4) is 0 Å². The van der Waals surface area contributed by atoms with E-state index >= 15 is 0 Å². The van der Waals surface area contributed by atoms with E-state index in [2.05, 4.69) is 26.2 Å². The molecular weight excluding hydrogens is 290 g/mol. The highest BCUT2D eigenvalue weighted by Crippen LogP contribution is 2.31. The van der Waals surface area contributed by atoms with E-state index in [1.807, 2.05) is 6.92 Å². The third kappa shape index (κ3) is 3.94. The summed E-state index contributed by atoms with van der Waals surface area (Å²) < 4.78 is 0.532. The summed E-state index contributed by atoms with van der Waals surface area (Å²) in [4.78, 5) is 14.1. The second-order valence-corrected chi connectivity index (χ2v) is 4.76. The highest BCUT2D eigenvalue weighted by Gasteiger charge is 2.19. The lowest BCUT2D eigenvalue weighted by Gasteiger charge is -2.17. The third-order valence-electron chi connectivity index (χ3n) is 2.16. The summed E-state index contributed by atoms with van der Waals surface area (Å²) in [5, 5.41) is 23.1. The first kappa shape index (κ1) is 13.9. The van der Waals surface area contributed by atoms with E-state index in [1.54, 1.807) is 6.92 Å². The maximum Gasteiger partial charge on any atom is 0.311 e. The standard InChI is InChI=1S/C10H14BrN3O3/c1-6(3-7(2)15)13-10-8(11)4-12-5-9(10)14(16)17/h4-7,15H,3H2,1-2H3,(H,12,13). The molecule has 0 saturated heterocycles. The first-order chi connectivity index (χ1) is 7.91. The fourth-order valence-corrected chi connectivity index (χ4v) is 1.96. The molecule has 94 valence electrons. The van der Waals surface area contributed by atoms with Crippen molar-refractivity contribution in [1.82, 2.24) is 4.98 Å². The SMILES string of the molecule is CC(O)CC(C)Nc1c(Br)cncc1[N+](=O)[O-]. The molecule has 0 fully saturated rings. The van der Waals surface area contributed by atoms with Gasteiger partial charge in [0.15, 0.2) is 0 Å². The number of hydrogen-bond donors (Lipinski definition) is 2. The molecule has 2 atom stereocenters. The van der Waals surface area contributed by atoms with Crippen molar-refractivity contribution in [3.05, 3.63) is 27.0 Å². The molecule has 0 spiro atoms. The van der Waals surface area contributed by atoms with Gasteiger partial charge in [-0.25, -0.2) is 0 Å². The summed E-state index contributed by atoms with van der Waals surface area (Å²) in [5.74, 6) is 0. The summed E-state index contributed by atoms with van der Waals surface area (Å²) >= 11 is 3.22. The molecule has 1 heterocycles. The maximum atomic E-state index is 10.8. The second kappa shape index (κ2) is 5.92. The van der Waals surface area contributed by atoms with Crippen LogP contribution in [0.5, 0.6) is 0 Å². The quantitative estimate of drug-likeness (QED) is 0.644. The molecular formula is C10H14BrN3O3. The number of anilines is 1. The van der Waals surface area contributed by atoms with Crippen molar-refractivity contribution in [2.45, 2.75) is 32.4 Å². The van der Waals surface area contributed by atoms with Crippen LogP contribution in [0.15, 0.2) is 16.9 Å². The van der Waals surface area contributed by atoms with E-state index in [9.17, 15) is 15.2 Å². The van der Waals surface area contributed by atoms with Gasteiger partial charge in [0.25, 0.3) is 0 Å². The van der Waals surface area contributed by atoms with E-state index in [0.717, 1.165) is 0 Å². The molecule has 7 heteroatoms. The number of nitrogens with one attached hydrogen (secondary N) is 1. The van der Waals surface area contributed by atoms with Gasteiger partial charge in [-0.3, -0.25) is 15.1 Å². The minimum atomic E-state index is -0.491. The Morgan fingerprint density at radius 2 is 2.24 bits per heavy atom. The molecule has 2 N–H and O–H groups in total. The molecule has 1 aromatic heterocycles. The molecule has 0 aliphatic carbocycles. The first-order valence-corrected chi connectivity index (χ1v) is 5.93. The largest absolute Gasteiger partial charge is 0.393 e. The average Bonchev–Trinajstić information content (AvgIpc) is 2.19. The molecule has 0 aliphatic heterocycles. The molecule has 1 aromatic rings. The molecule has 0 amide bonds. The fraction of sp³-hybridized carbons (Fsp3) is 0.500. The van der Waals surface area contributed by atoms with Crippen molar-refractivity contribution >= 4 is 27.3 Å². The van der Waals surface area contributed by atoms with Gasteiger partial charge in [-0.05, 0) is 36.2 Å². The Bertz CT molecular complexity index is 412. The summed E-state index contributed by atoms with van der Waals surface area (Å²) in [6.07, 6.45) is 2.73. The monoisotopic (exact) mass is 303 g/mol. The average molecular weight is 304 g/mol. The van der Waals surface area contributed by atoms with Gasteiger partial charge in [0.05, 0.1) is 15.5 Å². The molecule has 0 saturated carbocycles. The molecule has 0 aromatic carbocycles. The van der Waals surface area contributed by atoms with Gasteiger partial charge in [-0.15, -0.1) is 0 Å². The number of nitrogens with zero attached hydrogens (tertiary/aromatic N) is 2. The van der Waals surface area contributed by atoms with E-state index in [0.29, 0.717) is 16.6 Å². The topological polar surface area (TPSA) is 88.3 Å². The van der Waals surface area contributed by atoms with Gasteiger partial charge in [-0.1, -0.05) is 0 Å². The Hall–Kier alpha value is -1.21. The van der Waals surface area contributed by atoms with Crippen LogP contribution in [0.2, 0.25) is 0 Å². The smallest absolute Gasteiger partial charge is 0.311 e. The Morgan fingerprint density at radius 1 is 1.59 bits per heavy atom. The molecule has 0 radical (unpaired) electrons. The number of nitro groups is 1. The lowest BCUT2D eigenvalue weighted by Crippen LogP contribution is -2.21. The number of hydrogen-bond acceptors (Lipinski definition) is 5. The van der Waals surface area contributed by atoms with Crippen LogP contribution < -0.4 is 5.32 Å². The van der Waals surface area contributed by atoms with Gasteiger partial charge in [0.2, 0.25) is 0 Å². The van der Waals surface area contributed by atoms with Crippen molar-refractivity contribution in [2.24, 2.45) is 0 Å². The molecule has 17 heavy (non-hydrogen) atoms. The lowest BCUT2D eigenvalue weighted by molar-refractivity contribution is -0.384. The second-order valence-electron chi connectivity index (χ2n) is 3.90. The Morgan fingerprint density at radius 3 is 2.76 bits per heavy atom. The Balaban J connectivity index is 2.92. The summed E-state index contributed by atoms with van der Waals surface area (Å²) in [6, 6.07) is -0.0765. The van der Waals surface area contributed by atoms with Crippen LogP contribution in [-0.4, -0.2) is 27.2 Å².